The summed E-state index contributed by atoms with van der Waals surface area (Å²) in [6.07, 6.45) is 2.09. The van der Waals surface area contributed by atoms with Crippen LogP contribution in [-0.4, -0.2) is 38.8 Å². The van der Waals surface area contributed by atoms with Crippen LogP contribution >= 0.6 is 0 Å². The van der Waals surface area contributed by atoms with Crippen molar-refractivity contribution >= 4 is 23.0 Å². The molecule has 5 nitrogen and oxygen atoms in total. The molecule has 1 fully saturated rings. The minimum Gasteiger partial charge on any atom is -0.378 e. The first kappa shape index (κ1) is 18.3. The number of benzene rings is 2. The standard InChI is InChI=1S/C21H27N3O2/c1-2-5-17-6-3-4-7-20(17)22-16-21(25)23-18-8-10-19(11-9-18)24-12-14-26-15-13-24/h3-4,6-11,22H,2,5,12-16H2,1H3,(H,23,25). The van der Waals surface area contributed by atoms with Gasteiger partial charge in [0, 0.05) is 30.2 Å². The molecular weight excluding hydrogens is 326 g/mol. The molecule has 2 aromatic rings. The number of rotatable bonds is 7. The molecule has 1 aliphatic heterocycles. The van der Waals surface area contributed by atoms with E-state index in [2.05, 4.69) is 28.5 Å². The Bertz CT molecular complexity index is 709. The van der Waals surface area contributed by atoms with Crippen molar-refractivity contribution in [1.29, 1.82) is 0 Å². The van der Waals surface area contributed by atoms with Crippen molar-refractivity contribution in [3.8, 4) is 0 Å². The second kappa shape index (κ2) is 9.25. The Labute approximate surface area is 155 Å². The lowest BCUT2D eigenvalue weighted by atomic mass is 10.1. The maximum Gasteiger partial charge on any atom is 0.243 e. The van der Waals surface area contributed by atoms with Crippen molar-refractivity contribution in [2.24, 2.45) is 0 Å². The summed E-state index contributed by atoms with van der Waals surface area (Å²) in [6, 6.07) is 16.1. The molecule has 0 aliphatic carbocycles. The van der Waals surface area contributed by atoms with Crippen LogP contribution in [0.15, 0.2) is 48.5 Å². The summed E-state index contributed by atoms with van der Waals surface area (Å²) in [6.45, 7) is 5.77. The third kappa shape index (κ3) is 4.99. The maximum absolute atomic E-state index is 12.2. The van der Waals surface area contributed by atoms with Gasteiger partial charge in [0.2, 0.25) is 5.91 Å². The van der Waals surface area contributed by atoms with E-state index >= 15 is 0 Å². The molecule has 1 amide bonds. The zero-order valence-corrected chi connectivity index (χ0v) is 15.3. The Morgan fingerprint density at radius 2 is 1.81 bits per heavy atom. The Morgan fingerprint density at radius 1 is 1.08 bits per heavy atom. The van der Waals surface area contributed by atoms with E-state index in [1.54, 1.807) is 0 Å². The Kier molecular flexibility index (Phi) is 6.50. The van der Waals surface area contributed by atoms with E-state index < -0.39 is 0 Å². The molecular formula is C21H27N3O2. The molecule has 0 atom stereocenters. The molecule has 5 heteroatoms. The van der Waals surface area contributed by atoms with Gasteiger partial charge in [-0.1, -0.05) is 31.5 Å². The van der Waals surface area contributed by atoms with E-state index in [4.69, 9.17) is 4.74 Å². The normalized spacial score (nSPS) is 14.1. The number of ether oxygens (including phenoxy) is 1. The predicted molar refractivity (Wildman–Crippen MR) is 107 cm³/mol. The minimum atomic E-state index is -0.0459. The number of nitrogens with zero attached hydrogens (tertiary/aromatic N) is 1. The van der Waals surface area contributed by atoms with Crippen molar-refractivity contribution < 1.29 is 9.53 Å². The molecule has 0 spiro atoms. The van der Waals surface area contributed by atoms with Gasteiger partial charge in [-0.05, 0) is 42.3 Å². The second-order valence-electron chi connectivity index (χ2n) is 6.46. The van der Waals surface area contributed by atoms with Crippen molar-refractivity contribution in [2.75, 3.05) is 48.4 Å². The van der Waals surface area contributed by atoms with E-state index in [1.165, 1.54) is 5.56 Å². The van der Waals surface area contributed by atoms with Crippen LogP contribution in [-0.2, 0) is 16.0 Å². The highest BCUT2D eigenvalue weighted by molar-refractivity contribution is 5.94. The number of morpholine rings is 1. The van der Waals surface area contributed by atoms with Crippen molar-refractivity contribution in [1.82, 2.24) is 0 Å². The zero-order chi connectivity index (χ0) is 18.2. The summed E-state index contributed by atoms with van der Waals surface area (Å²) in [5, 5.41) is 6.20. The number of anilines is 3. The summed E-state index contributed by atoms with van der Waals surface area (Å²) in [4.78, 5) is 14.5. The van der Waals surface area contributed by atoms with Gasteiger partial charge >= 0.3 is 0 Å². The van der Waals surface area contributed by atoms with Crippen LogP contribution in [0.5, 0.6) is 0 Å². The largest absolute Gasteiger partial charge is 0.378 e. The summed E-state index contributed by atoms with van der Waals surface area (Å²) in [5.41, 5.74) is 4.26. The Hall–Kier alpha value is -2.53. The quantitative estimate of drug-likeness (QED) is 0.800. The van der Waals surface area contributed by atoms with Crippen LogP contribution < -0.4 is 15.5 Å². The van der Waals surface area contributed by atoms with E-state index in [0.29, 0.717) is 0 Å². The molecule has 0 radical (unpaired) electrons. The van der Waals surface area contributed by atoms with Crippen molar-refractivity contribution in [3.63, 3.8) is 0 Å². The fourth-order valence-electron chi connectivity index (χ4n) is 3.14. The smallest absolute Gasteiger partial charge is 0.243 e. The summed E-state index contributed by atoms with van der Waals surface area (Å²) in [7, 11) is 0. The number of aryl methyl sites for hydroxylation is 1. The zero-order valence-electron chi connectivity index (χ0n) is 15.3. The van der Waals surface area contributed by atoms with Crippen LogP contribution in [0.1, 0.15) is 18.9 Å². The van der Waals surface area contributed by atoms with E-state index in [9.17, 15) is 4.79 Å². The van der Waals surface area contributed by atoms with Gasteiger partial charge in [0.05, 0.1) is 19.8 Å². The number of hydrogen-bond donors (Lipinski definition) is 2. The highest BCUT2D eigenvalue weighted by Gasteiger charge is 2.11. The lowest BCUT2D eigenvalue weighted by Gasteiger charge is -2.28. The topological polar surface area (TPSA) is 53.6 Å². The van der Waals surface area contributed by atoms with E-state index in [0.717, 1.165) is 56.2 Å². The first-order valence-electron chi connectivity index (χ1n) is 9.30. The third-order valence-corrected chi connectivity index (χ3v) is 4.50. The van der Waals surface area contributed by atoms with E-state index in [1.807, 2.05) is 42.5 Å². The maximum atomic E-state index is 12.2. The fraction of sp³-hybridized carbons (Fsp3) is 0.381. The third-order valence-electron chi connectivity index (χ3n) is 4.50. The van der Waals surface area contributed by atoms with Crippen LogP contribution in [0.4, 0.5) is 17.1 Å². The first-order valence-corrected chi connectivity index (χ1v) is 9.30. The molecule has 138 valence electrons. The molecule has 2 aromatic carbocycles. The lowest BCUT2D eigenvalue weighted by molar-refractivity contribution is -0.114. The minimum absolute atomic E-state index is 0.0459. The number of nitrogens with one attached hydrogen (secondary N) is 2. The van der Waals surface area contributed by atoms with Crippen molar-refractivity contribution in [3.05, 3.63) is 54.1 Å². The SMILES string of the molecule is CCCc1ccccc1NCC(=O)Nc1ccc(N2CCOCC2)cc1. The molecule has 0 unspecified atom stereocenters. The molecule has 3 rings (SSSR count). The van der Waals surface area contributed by atoms with Gasteiger partial charge in [-0.2, -0.15) is 0 Å². The Balaban J connectivity index is 1.52. The van der Waals surface area contributed by atoms with Crippen LogP contribution in [0, 0.1) is 0 Å². The molecule has 26 heavy (non-hydrogen) atoms. The molecule has 2 N–H and O–H groups in total. The monoisotopic (exact) mass is 353 g/mol. The molecule has 1 aliphatic rings. The molecule has 1 saturated heterocycles. The van der Waals surface area contributed by atoms with Gasteiger partial charge < -0.3 is 20.3 Å². The van der Waals surface area contributed by atoms with Gasteiger partial charge in [0.1, 0.15) is 0 Å². The Morgan fingerprint density at radius 3 is 2.54 bits per heavy atom. The second-order valence-corrected chi connectivity index (χ2v) is 6.46. The van der Waals surface area contributed by atoms with Gasteiger partial charge in [0.25, 0.3) is 0 Å². The average molecular weight is 353 g/mol. The lowest BCUT2D eigenvalue weighted by Crippen LogP contribution is -2.36. The summed E-state index contributed by atoms with van der Waals surface area (Å²) in [5.74, 6) is -0.0459. The molecule has 1 heterocycles. The average Bonchev–Trinajstić information content (AvgIpc) is 2.69. The number of para-hydroxylation sites is 1. The highest BCUT2D eigenvalue weighted by Crippen LogP contribution is 2.19. The van der Waals surface area contributed by atoms with Crippen molar-refractivity contribution in [2.45, 2.75) is 19.8 Å². The number of hydrogen-bond acceptors (Lipinski definition) is 4. The van der Waals surface area contributed by atoms with Gasteiger partial charge in [-0.3, -0.25) is 4.79 Å². The molecule has 0 aromatic heterocycles. The highest BCUT2D eigenvalue weighted by atomic mass is 16.5. The predicted octanol–water partition coefficient (Wildman–Crippen LogP) is 3.53. The van der Waals surface area contributed by atoms with E-state index in [-0.39, 0.29) is 12.5 Å². The molecule has 0 bridgehead atoms. The van der Waals surface area contributed by atoms with Crippen LogP contribution in [0.25, 0.3) is 0 Å². The number of carbonyl (C=O) groups is 1. The number of amides is 1. The van der Waals surface area contributed by atoms with Crippen LogP contribution in [0.2, 0.25) is 0 Å². The van der Waals surface area contributed by atoms with Gasteiger partial charge in [0.15, 0.2) is 0 Å². The van der Waals surface area contributed by atoms with Gasteiger partial charge in [-0.15, -0.1) is 0 Å². The number of carbonyl (C=O) groups excluding carboxylic acids is 1. The van der Waals surface area contributed by atoms with Crippen LogP contribution in [0.3, 0.4) is 0 Å². The summed E-state index contributed by atoms with van der Waals surface area (Å²) >= 11 is 0. The first-order chi connectivity index (χ1) is 12.8. The fourth-order valence-corrected chi connectivity index (χ4v) is 3.14. The summed E-state index contributed by atoms with van der Waals surface area (Å²) < 4.78 is 5.38. The molecule has 0 saturated carbocycles. The van der Waals surface area contributed by atoms with Gasteiger partial charge in [-0.25, -0.2) is 0 Å².